The van der Waals surface area contributed by atoms with Crippen LogP contribution in [0.4, 0.5) is 0 Å². The van der Waals surface area contributed by atoms with Gasteiger partial charge in [0.15, 0.2) is 0 Å². The highest BCUT2D eigenvalue weighted by Crippen LogP contribution is 2.25. The van der Waals surface area contributed by atoms with Crippen molar-refractivity contribution in [3.63, 3.8) is 0 Å². The first-order chi connectivity index (χ1) is 7.99. The van der Waals surface area contributed by atoms with Crippen LogP contribution in [0.2, 0.25) is 0 Å². The van der Waals surface area contributed by atoms with E-state index >= 15 is 0 Å². The summed E-state index contributed by atoms with van der Waals surface area (Å²) in [5.74, 6) is -0.316. The average molecular weight is 232 g/mol. The Morgan fingerprint density at radius 3 is 2.35 bits per heavy atom. The normalized spacial score (nSPS) is 11.8. The van der Waals surface area contributed by atoms with Gasteiger partial charge in [0.25, 0.3) is 0 Å². The van der Waals surface area contributed by atoms with Crippen LogP contribution in [0.25, 0.3) is 0 Å². The molecule has 0 spiro atoms. The van der Waals surface area contributed by atoms with Crippen molar-refractivity contribution in [2.24, 2.45) is 0 Å². The number of benzene rings is 1. The maximum atomic E-state index is 11.1. The molecule has 2 nitrogen and oxygen atoms in total. The average Bonchev–Trinajstić information content (AvgIpc) is 2.36. The van der Waals surface area contributed by atoms with Crippen LogP contribution in [0, 0.1) is 0 Å². The molecule has 1 rings (SSSR count). The first-order valence-corrected chi connectivity index (χ1v) is 5.86. The van der Waals surface area contributed by atoms with Crippen molar-refractivity contribution in [3.8, 4) is 0 Å². The van der Waals surface area contributed by atoms with Crippen molar-refractivity contribution in [2.45, 2.75) is 32.6 Å². The molecule has 0 saturated carbocycles. The topological polar surface area (TPSA) is 26.3 Å². The summed E-state index contributed by atoms with van der Waals surface area (Å²) in [6.45, 7) is 6.29. The smallest absolute Gasteiger partial charge is 0.330 e. The molecular formula is C15H20O2. The molecule has 0 unspecified atom stereocenters. The lowest BCUT2D eigenvalue weighted by Gasteiger charge is -2.21. The quantitative estimate of drug-likeness (QED) is 0.588. The summed E-state index contributed by atoms with van der Waals surface area (Å²) in [5.41, 5.74) is 2.34. The van der Waals surface area contributed by atoms with Crippen molar-refractivity contribution in [1.82, 2.24) is 0 Å². The third-order valence-corrected chi connectivity index (χ3v) is 2.94. The van der Waals surface area contributed by atoms with Gasteiger partial charge in [-0.05, 0) is 17.5 Å². The highest BCUT2D eigenvalue weighted by molar-refractivity contribution is 5.82. The fraction of sp³-hybridized carbons (Fsp3) is 0.400. The number of allylic oxidation sites excluding steroid dienone is 1. The molecular weight excluding hydrogens is 212 g/mol. The second-order valence-corrected chi connectivity index (χ2v) is 4.63. The Kier molecular flexibility index (Phi) is 4.50. The summed E-state index contributed by atoms with van der Waals surface area (Å²) in [4.78, 5) is 11.1. The van der Waals surface area contributed by atoms with E-state index in [1.807, 2.05) is 6.08 Å². The van der Waals surface area contributed by atoms with Crippen LogP contribution in [0.1, 0.15) is 31.9 Å². The summed E-state index contributed by atoms with van der Waals surface area (Å²) in [5, 5.41) is 0. The summed E-state index contributed by atoms with van der Waals surface area (Å²) < 4.78 is 4.59. The van der Waals surface area contributed by atoms with Crippen molar-refractivity contribution in [2.75, 3.05) is 7.11 Å². The van der Waals surface area contributed by atoms with Gasteiger partial charge in [0.05, 0.1) is 7.11 Å². The van der Waals surface area contributed by atoms with Crippen LogP contribution in [0.5, 0.6) is 0 Å². The lowest BCUT2D eigenvalue weighted by molar-refractivity contribution is -0.134. The Hall–Kier alpha value is -1.57. The van der Waals surface area contributed by atoms with E-state index in [0.29, 0.717) is 0 Å². The van der Waals surface area contributed by atoms with E-state index in [0.717, 1.165) is 6.42 Å². The summed E-state index contributed by atoms with van der Waals surface area (Å²) >= 11 is 0. The number of hydrogen-bond acceptors (Lipinski definition) is 2. The molecule has 0 fully saturated rings. The second-order valence-electron chi connectivity index (χ2n) is 4.63. The zero-order chi connectivity index (χ0) is 12.9. The Labute approximate surface area is 103 Å². The minimum atomic E-state index is -0.316. The molecule has 0 radical (unpaired) electrons. The predicted octanol–water partition coefficient (Wildman–Crippen LogP) is 3.26. The van der Waals surface area contributed by atoms with Gasteiger partial charge < -0.3 is 4.74 Å². The monoisotopic (exact) mass is 232 g/mol. The molecule has 0 amide bonds. The van der Waals surface area contributed by atoms with Crippen LogP contribution < -0.4 is 0 Å². The van der Waals surface area contributed by atoms with E-state index in [1.165, 1.54) is 24.3 Å². The molecule has 0 aliphatic heterocycles. The van der Waals surface area contributed by atoms with Gasteiger partial charge in [0.1, 0.15) is 0 Å². The fourth-order valence-corrected chi connectivity index (χ4v) is 1.61. The highest BCUT2D eigenvalue weighted by atomic mass is 16.5. The third kappa shape index (κ3) is 3.74. The van der Waals surface area contributed by atoms with E-state index in [9.17, 15) is 4.79 Å². The van der Waals surface area contributed by atoms with Crippen LogP contribution in [-0.4, -0.2) is 13.1 Å². The molecule has 0 aliphatic rings. The maximum Gasteiger partial charge on any atom is 0.330 e. The Bertz CT molecular complexity index is 399. The van der Waals surface area contributed by atoms with Gasteiger partial charge >= 0.3 is 5.97 Å². The lowest BCUT2D eigenvalue weighted by Crippen LogP contribution is -2.14. The number of carbonyl (C=O) groups excluding carboxylic acids is 1. The molecule has 0 heterocycles. The number of carbonyl (C=O) groups is 1. The maximum absolute atomic E-state index is 11.1. The standard InChI is InChI=1S/C15H20O2/c1-5-12-6-8-13(9-7-12)15(2,3)11-10-14(16)17-4/h6-11H,5H2,1-4H3/b11-10+. The second kappa shape index (κ2) is 5.67. The van der Waals surface area contributed by atoms with E-state index in [1.54, 1.807) is 0 Å². The minimum Gasteiger partial charge on any atom is -0.466 e. The molecule has 0 saturated heterocycles. The highest BCUT2D eigenvalue weighted by Gasteiger charge is 2.17. The van der Waals surface area contributed by atoms with Crippen LogP contribution in [0.15, 0.2) is 36.4 Å². The van der Waals surface area contributed by atoms with Gasteiger partial charge in [-0.2, -0.15) is 0 Å². The number of rotatable bonds is 4. The van der Waals surface area contributed by atoms with Crippen LogP contribution in [-0.2, 0) is 21.4 Å². The fourth-order valence-electron chi connectivity index (χ4n) is 1.61. The molecule has 17 heavy (non-hydrogen) atoms. The van der Waals surface area contributed by atoms with Crippen molar-refractivity contribution >= 4 is 5.97 Å². The molecule has 0 aliphatic carbocycles. The number of ether oxygens (including phenoxy) is 1. The van der Waals surface area contributed by atoms with Gasteiger partial charge in [0.2, 0.25) is 0 Å². The van der Waals surface area contributed by atoms with Gasteiger partial charge in [-0.3, -0.25) is 0 Å². The van der Waals surface area contributed by atoms with Gasteiger partial charge in [-0.25, -0.2) is 4.79 Å². The molecule has 0 aromatic heterocycles. The molecule has 2 heteroatoms. The first-order valence-electron chi connectivity index (χ1n) is 5.86. The Morgan fingerprint density at radius 1 is 1.29 bits per heavy atom. The molecule has 1 aromatic carbocycles. The molecule has 0 N–H and O–H groups in total. The molecule has 0 atom stereocenters. The van der Waals surface area contributed by atoms with Gasteiger partial charge in [0, 0.05) is 11.5 Å². The van der Waals surface area contributed by atoms with E-state index in [2.05, 4.69) is 49.8 Å². The number of aryl methyl sites for hydroxylation is 1. The largest absolute Gasteiger partial charge is 0.466 e. The summed E-state index contributed by atoms with van der Waals surface area (Å²) in [7, 11) is 1.38. The summed E-state index contributed by atoms with van der Waals surface area (Å²) in [6, 6.07) is 8.48. The van der Waals surface area contributed by atoms with Crippen molar-refractivity contribution in [3.05, 3.63) is 47.5 Å². The minimum absolute atomic E-state index is 0.166. The summed E-state index contributed by atoms with van der Waals surface area (Å²) in [6.07, 6.45) is 4.40. The SMILES string of the molecule is CCc1ccc(C(C)(C)/C=C/C(=O)OC)cc1. The number of hydrogen-bond donors (Lipinski definition) is 0. The number of methoxy groups -OCH3 is 1. The zero-order valence-electron chi connectivity index (χ0n) is 11.0. The zero-order valence-corrected chi connectivity index (χ0v) is 11.0. The van der Waals surface area contributed by atoms with Crippen LogP contribution >= 0.6 is 0 Å². The van der Waals surface area contributed by atoms with Crippen LogP contribution in [0.3, 0.4) is 0 Å². The molecule has 92 valence electrons. The molecule has 0 bridgehead atoms. The third-order valence-electron chi connectivity index (χ3n) is 2.94. The molecule has 1 aromatic rings. The Morgan fingerprint density at radius 2 is 1.88 bits per heavy atom. The lowest BCUT2D eigenvalue weighted by atomic mass is 9.84. The van der Waals surface area contributed by atoms with E-state index in [4.69, 9.17) is 0 Å². The predicted molar refractivity (Wildman–Crippen MR) is 70.0 cm³/mol. The van der Waals surface area contributed by atoms with Gasteiger partial charge in [-0.1, -0.05) is 51.1 Å². The van der Waals surface area contributed by atoms with E-state index in [-0.39, 0.29) is 11.4 Å². The van der Waals surface area contributed by atoms with E-state index < -0.39 is 0 Å². The Balaban J connectivity index is 2.88. The van der Waals surface area contributed by atoms with Crippen molar-refractivity contribution < 1.29 is 9.53 Å². The van der Waals surface area contributed by atoms with Crippen molar-refractivity contribution in [1.29, 1.82) is 0 Å². The van der Waals surface area contributed by atoms with Gasteiger partial charge in [-0.15, -0.1) is 0 Å². The first kappa shape index (κ1) is 13.5. The number of esters is 1.